The van der Waals surface area contributed by atoms with E-state index >= 15 is 0 Å². The Balaban J connectivity index is 3.15. The Morgan fingerprint density at radius 1 is 1.56 bits per heavy atom. The highest BCUT2D eigenvalue weighted by Gasteiger charge is 2.20. The van der Waals surface area contributed by atoms with Gasteiger partial charge in [-0.15, -0.1) is 0 Å². The third-order valence-electron chi connectivity index (χ3n) is 2.36. The maximum atomic E-state index is 12.8. The van der Waals surface area contributed by atoms with Gasteiger partial charge in [-0.2, -0.15) is 0 Å². The highest BCUT2D eigenvalue weighted by atomic mass is 79.9. The lowest BCUT2D eigenvalue weighted by Crippen LogP contribution is -2.13. The van der Waals surface area contributed by atoms with Gasteiger partial charge in [0.25, 0.3) is 6.43 Å². The van der Waals surface area contributed by atoms with Crippen molar-refractivity contribution in [3.63, 3.8) is 0 Å². The van der Waals surface area contributed by atoms with E-state index in [0.29, 0.717) is 11.1 Å². The Morgan fingerprint density at radius 3 is 2.72 bits per heavy atom. The van der Waals surface area contributed by atoms with E-state index in [1.54, 1.807) is 6.92 Å². The molecule has 1 aromatic rings. The molecule has 0 amide bonds. The maximum absolute atomic E-state index is 12.8. The molecule has 1 aromatic heterocycles. The number of anilines is 1. The van der Waals surface area contributed by atoms with Gasteiger partial charge in [0.1, 0.15) is 5.82 Å². The van der Waals surface area contributed by atoms with E-state index in [0.717, 1.165) is 6.20 Å². The van der Waals surface area contributed by atoms with Crippen molar-refractivity contribution in [1.82, 2.24) is 4.98 Å². The maximum Gasteiger partial charge on any atom is 0.310 e. The number of hydrogen-bond donors (Lipinski definition) is 1. The lowest BCUT2D eigenvalue weighted by Gasteiger charge is -2.13. The number of hydrogen-bond acceptors (Lipinski definition) is 4. The van der Waals surface area contributed by atoms with Crippen molar-refractivity contribution in [2.75, 3.05) is 12.3 Å². The molecular weight excluding hydrogens is 310 g/mol. The van der Waals surface area contributed by atoms with Crippen LogP contribution in [0.2, 0.25) is 0 Å². The van der Waals surface area contributed by atoms with E-state index in [-0.39, 0.29) is 29.7 Å². The quantitative estimate of drug-likeness (QED) is 0.668. The average Bonchev–Trinajstić information content (AvgIpc) is 2.31. The number of nitrogens with zero attached hydrogens (tertiary/aromatic N) is 1. The number of ether oxygens (including phenoxy) is 1. The fourth-order valence-corrected chi connectivity index (χ4v) is 2.19. The molecule has 0 bridgehead atoms. The van der Waals surface area contributed by atoms with Gasteiger partial charge in [-0.05, 0) is 12.5 Å². The number of pyridine rings is 1. The lowest BCUT2D eigenvalue weighted by atomic mass is 10.0. The third kappa shape index (κ3) is 3.38. The highest BCUT2D eigenvalue weighted by molar-refractivity contribution is 9.08. The van der Waals surface area contributed by atoms with Crippen LogP contribution in [0.25, 0.3) is 0 Å². The molecule has 0 radical (unpaired) electrons. The van der Waals surface area contributed by atoms with Crippen LogP contribution in [0.1, 0.15) is 30.0 Å². The van der Waals surface area contributed by atoms with Gasteiger partial charge in [-0.3, -0.25) is 4.79 Å². The summed E-state index contributed by atoms with van der Waals surface area (Å²) in [7, 11) is 0. The predicted octanol–water partition coefficient (Wildman–Crippen LogP) is 2.60. The topological polar surface area (TPSA) is 65.2 Å². The smallest absolute Gasteiger partial charge is 0.310 e. The number of alkyl halides is 3. The van der Waals surface area contributed by atoms with Gasteiger partial charge in [0.05, 0.1) is 13.0 Å². The summed E-state index contributed by atoms with van der Waals surface area (Å²) in [5.41, 5.74) is 6.00. The zero-order chi connectivity index (χ0) is 13.7. The fraction of sp³-hybridized carbons (Fsp3) is 0.455. The van der Waals surface area contributed by atoms with Crippen molar-refractivity contribution in [3.8, 4) is 0 Å². The van der Waals surface area contributed by atoms with Gasteiger partial charge >= 0.3 is 5.97 Å². The molecule has 2 N–H and O–H groups in total. The SMILES string of the molecule is CCOC(=O)Cc1c(N)ncc(C(F)F)c1CBr. The van der Waals surface area contributed by atoms with Gasteiger partial charge in [0.15, 0.2) is 0 Å². The Labute approximate surface area is 112 Å². The summed E-state index contributed by atoms with van der Waals surface area (Å²) in [4.78, 5) is 15.1. The minimum absolute atomic E-state index is 0.0712. The van der Waals surface area contributed by atoms with Gasteiger partial charge in [0.2, 0.25) is 0 Å². The molecule has 0 unspecified atom stereocenters. The van der Waals surface area contributed by atoms with Crippen LogP contribution in [-0.4, -0.2) is 17.6 Å². The van der Waals surface area contributed by atoms with Gasteiger partial charge in [0, 0.05) is 22.7 Å². The predicted molar refractivity (Wildman–Crippen MR) is 66.6 cm³/mol. The highest BCUT2D eigenvalue weighted by Crippen LogP contribution is 2.29. The normalized spacial score (nSPS) is 10.7. The van der Waals surface area contributed by atoms with Crippen LogP contribution >= 0.6 is 15.9 Å². The van der Waals surface area contributed by atoms with Gasteiger partial charge in [-0.25, -0.2) is 13.8 Å². The number of aromatic nitrogens is 1. The van der Waals surface area contributed by atoms with Gasteiger partial charge < -0.3 is 10.5 Å². The molecule has 1 heterocycles. The van der Waals surface area contributed by atoms with Crippen molar-refractivity contribution in [2.45, 2.75) is 25.1 Å². The van der Waals surface area contributed by atoms with E-state index in [4.69, 9.17) is 10.5 Å². The molecule has 0 fully saturated rings. The van der Waals surface area contributed by atoms with Crippen molar-refractivity contribution in [1.29, 1.82) is 0 Å². The van der Waals surface area contributed by atoms with Crippen LogP contribution in [0.15, 0.2) is 6.20 Å². The Morgan fingerprint density at radius 2 is 2.22 bits per heavy atom. The molecule has 18 heavy (non-hydrogen) atoms. The largest absolute Gasteiger partial charge is 0.466 e. The molecule has 0 aromatic carbocycles. The van der Waals surface area contributed by atoms with E-state index < -0.39 is 12.4 Å². The number of halogens is 3. The van der Waals surface area contributed by atoms with Crippen molar-refractivity contribution in [3.05, 3.63) is 22.9 Å². The van der Waals surface area contributed by atoms with Crippen LogP contribution in [-0.2, 0) is 21.3 Å². The molecule has 1 rings (SSSR count). The number of nitrogen functional groups attached to an aromatic ring is 1. The second-order valence-corrected chi connectivity index (χ2v) is 4.03. The summed E-state index contributed by atoms with van der Waals surface area (Å²) in [6.45, 7) is 1.89. The second-order valence-electron chi connectivity index (χ2n) is 3.47. The molecule has 0 atom stereocenters. The van der Waals surface area contributed by atoms with E-state index in [2.05, 4.69) is 20.9 Å². The standard InChI is InChI=1S/C11H13BrF2N2O2/c1-2-18-9(17)3-6-7(4-12)8(10(13)14)5-16-11(6)15/h5,10H,2-4H2,1H3,(H2,15,16). The second kappa shape index (κ2) is 6.63. The molecule has 100 valence electrons. The molecule has 0 aliphatic rings. The third-order valence-corrected chi connectivity index (χ3v) is 2.92. The summed E-state index contributed by atoms with van der Waals surface area (Å²) < 4.78 is 30.4. The summed E-state index contributed by atoms with van der Waals surface area (Å²) >= 11 is 3.12. The lowest BCUT2D eigenvalue weighted by molar-refractivity contribution is -0.142. The van der Waals surface area contributed by atoms with E-state index in [1.807, 2.05) is 0 Å². The van der Waals surface area contributed by atoms with E-state index in [9.17, 15) is 13.6 Å². The number of carbonyl (C=O) groups excluding carboxylic acids is 1. The Kier molecular flexibility index (Phi) is 5.46. The molecule has 4 nitrogen and oxygen atoms in total. The molecule has 0 aliphatic carbocycles. The Bertz CT molecular complexity index is 441. The van der Waals surface area contributed by atoms with E-state index in [1.165, 1.54) is 0 Å². The first-order chi connectivity index (χ1) is 8.51. The molecule has 0 saturated heterocycles. The monoisotopic (exact) mass is 322 g/mol. The number of nitrogens with two attached hydrogens (primary N) is 1. The average molecular weight is 323 g/mol. The first-order valence-electron chi connectivity index (χ1n) is 5.27. The van der Waals surface area contributed by atoms with Gasteiger partial charge in [-0.1, -0.05) is 15.9 Å². The van der Waals surface area contributed by atoms with Crippen molar-refractivity contribution in [2.24, 2.45) is 0 Å². The van der Waals surface area contributed by atoms with Crippen LogP contribution in [0, 0.1) is 0 Å². The number of carbonyl (C=O) groups is 1. The number of rotatable bonds is 5. The number of esters is 1. The molecule has 0 aliphatic heterocycles. The van der Waals surface area contributed by atoms with Crippen molar-refractivity contribution >= 4 is 27.7 Å². The van der Waals surface area contributed by atoms with Crippen LogP contribution in [0.5, 0.6) is 0 Å². The summed E-state index contributed by atoms with van der Waals surface area (Å²) in [5, 5.41) is 0.175. The minimum Gasteiger partial charge on any atom is -0.466 e. The summed E-state index contributed by atoms with van der Waals surface area (Å²) in [6, 6.07) is 0. The first-order valence-corrected chi connectivity index (χ1v) is 6.39. The zero-order valence-corrected chi connectivity index (χ0v) is 11.3. The molecule has 0 spiro atoms. The van der Waals surface area contributed by atoms with Crippen LogP contribution in [0.4, 0.5) is 14.6 Å². The fourth-order valence-electron chi connectivity index (χ4n) is 1.52. The first kappa shape index (κ1) is 14.8. The molecule has 0 saturated carbocycles. The minimum atomic E-state index is -2.66. The molecule has 7 heteroatoms. The summed E-state index contributed by atoms with van der Waals surface area (Å²) in [6.07, 6.45) is -1.79. The Hall–Kier alpha value is -1.24. The molecular formula is C11H13BrF2N2O2. The zero-order valence-electron chi connectivity index (χ0n) is 9.75. The van der Waals surface area contributed by atoms with Crippen molar-refractivity contribution < 1.29 is 18.3 Å². The van der Waals surface area contributed by atoms with Crippen LogP contribution in [0.3, 0.4) is 0 Å². The summed E-state index contributed by atoms with van der Waals surface area (Å²) in [5.74, 6) is -0.443. The van der Waals surface area contributed by atoms with Crippen LogP contribution < -0.4 is 5.73 Å².